The average molecular weight is 290 g/mol. The third-order valence-electron chi connectivity index (χ3n) is 3.20. The Morgan fingerprint density at radius 1 is 1.29 bits per heavy atom. The molecule has 1 aromatic carbocycles. The summed E-state index contributed by atoms with van der Waals surface area (Å²) in [5.41, 5.74) is 1.24. The predicted molar refractivity (Wildman–Crippen MR) is 78.4 cm³/mol. The molecular weight excluding hydrogens is 273 g/mol. The lowest BCUT2D eigenvalue weighted by Crippen LogP contribution is -2.29. The monoisotopic (exact) mass is 289 g/mol. The Morgan fingerprint density at radius 2 is 2.12 bits per heavy atom. The fourth-order valence-corrected chi connectivity index (χ4v) is 4.10. The van der Waals surface area contributed by atoms with Crippen molar-refractivity contribution in [2.45, 2.75) is 30.6 Å². The molecule has 0 spiro atoms. The van der Waals surface area contributed by atoms with Crippen LogP contribution in [0.4, 0.5) is 0 Å². The molecule has 1 nitrogen and oxygen atoms in total. The molecule has 0 aliphatic carbocycles. The zero-order chi connectivity index (χ0) is 12.3. The summed E-state index contributed by atoms with van der Waals surface area (Å²) < 4.78 is 0. The van der Waals surface area contributed by atoms with Gasteiger partial charge in [-0.3, -0.25) is 0 Å². The molecule has 1 fully saturated rings. The van der Waals surface area contributed by atoms with Crippen LogP contribution in [-0.4, -0.2) is 18.1 Å². The van der Waals surface area contributed by atoms with Crippen molar-refractivity contribution in [3.8, 4) is 0 Å². The Bertz CT molecular complexity index is 378. The van der Waals surface area contributed by atoms with Crippen LogP contribution in [-0.2, 0) is 0 Å². The van der Waals surface area contributed by atoms with E-state index in [0.29, 0.717) is 21.3 Å². The molecule has 0 amide bonds. The lowest BCUT2D eigenvalue weighted by Gasteiger charge is -2.30. The number of benzene rings is 1. The minimum atomic E-state index is 0.370. The molecule has 1 saturated heterocycles. The van der Waals surface area contributed by atoms with Crippen LogP contribution in [0.15, 0.2) is 18.2 Å². The normalized spacial score (nSPS) is 22.4. The van der Waals surface area contributed by atoms with Crippen LogP contribution < -0.4 is 5.32 Å². The smallest absolute Gasteiger partial charge is 0.0595 e. The maximum Gasteiger partial charge on any atom is 0.0595 e. The van der Waals surface area contributed by atoms with Gasteiger partial charge < -0.3 is 5.32 Å². The summed E-state index contributed by atoms with van der Waals surface area (Å²) in [5, 5.41) is 5.33. The van der Waals surface area contributed by atoms with E-state index in [1.807, 2.05) is 19.2 Å². The van der Waals surface area contributed by atoms with Crippen LogP contribution in [0.2, 0.25) is 10.0 Å². The number of hydrogen-bond donors (Lipinski definition) is 1. The van der Waals surface area contributed by atoms with Gasteiger partial charge in [0.1, 0.15) is 0 Å². The number of hydrogen-bond acceptors (Lipinski definition) is 2. The van der Waals surface area contributed by atoms with Crippen LogP contribution in [0.3, 0.4) is 0 Å². The van der Waals surface area contributed by atoms with E-state index in [9.17, 15) is 0 Å². The number of rotatable bonds is 3. The van der Waals surface area contributed by atoms with Gasteiger partial charge in [-0.15, -0.1) is 0 Å². The largest absolute Gasteiger partial charge is 0.312 e. The molecule has 0 aromatic heterocycles. The van der Waals surface area contributed by atoms with Crippen LogP contribution in [0.5, 0.6) is 0 Å². The Balaban J connectivity index is 2.18. The van der Waals surface area contributed by atoms with Crippen molar-refractivity contribution in [1.29, 1.82) is 0 Å². The fourth-order valence-electron chi connectivity index (χ4n) is 2.30. The maximum absolute atomic E-state index is 6.09. The van der Waals surface area contributed by atoms with Gasteiger partial charge in [-0.1, -0.05) is 35.7 Å². The molecule has 1 aromatic rings. The minimum Gasteiger partial charge on any atom is -0.312 e. The van der Waals surface area contributed by atoms with Crippen molar-refractivity contribution in [3.05, 3.63) is 33.8 Å². The van der Waals surface area contributed by atoms with Gasteiger partial charge in [-0.05, 0) is 43.3 Å². The third kappa shape index (κ3) is 3.31. The Labute approximate surface area is 117 Å². The molecule has 1 heterocycles. The van der Waals surface area contributed by atoms with Crippen molar-refractivity contribution >= 4 is 35.0 Å². The summed E-state index contributed by atoms with van der Waals surface area (Å²) >= 11 is 14.1. The van der Waals surface area contributed by atoms with Gasteiger partial charge in [0.2, 0.25) is 0 Å². The first-order valence-electron chi connectivity index (χ1n) is 5.96. The summed E-state index contributed by atoms with van der Waals surface area (Å²) in [5.74, 6) is 1.27. The SMILES string of the molecule is CNC(c1ccc(Cl)c(Cl)c1)C1CCCCS1. The van der Waals surface area contributed by atoms with Gasteiger partial charge >= 0.3 is 0 Å². The standard InChI is InChI=1S/C13H17Cl2NS/c1-16-13(12-4-2-3-7-17-12)9-5-6-10(14)11(15)8-9/h5-6,8,12-13,16H,2-4,7H2,1H3. The average Bonchev–Trinajstić information content (AvgIpc) is 2.36. The Morgan fingerprint density at radius 3 is 2.71 bits per heavy atom. The number of halogens is 2. The zero-order valence-corrected chi connectivity index (χ0v) is 12.2. The molecule has 1 aliphatic rings. The highest BCUT2D eigenvalue weighted by molar-refractivity contribution is 8.00. The molecule has 2 atom stereocenters. The van der Waals surface area contributed by atoms with E-state index in [2.05, 4.69) is 23.1 Å². The van der Waals surface area contributed by atoms with E-state index in [-0.39, 0.29) is 0 Å². The second-order valence-corrected chi connectivity index (χ2v) is 6.51. The van der Waals surface area contributed by atoms with Gasteiger partial charge in [0.15, 0.2) is 0 Å². The maximum atomic E-state index is 6.09. The van der Waals surface area contributed by atoms with E-state index < -0.39 is 0 Å². The molecule has 0 radical (unpaired) electrons. The van der Waals surface area contributed by atoms with E-state index in [1.54, 1.807) is 0 Å². The fraction of sp³-hybridized carbons (Fsp3) is 0.538. The first kappa shape index (κ1) is 13.5. The van der Waals surface area contributed by atoms with E-state index >= 15 is 0 Å². The van der Waals surface area contributed by atoms with Crippen LogP contribution in [0, 0.1) is 0 Å². The van der Waals surface area contributed by atoms with Gasteiger partial charge in [0.25, 0.3) is 0 Å². The zero-order valence-electron chi connectivity index (χ0n) is 9.88. The van der Waals surface area contributed by atoms with E-state index in [1.165, 1.54) is 30.6 Å². The molecule has 1 N–H and O–H groups in total. The first-order chi connectivity index (χ1) is 8.22. The molecule has 17 heavy (non-hydrogen) atoms. The molecule has 1 aliphatic heterocycles. The number of thioether (sulfide) groups is 1. The molecule has 94 valence electrons. The molecule has 4 heteroatoms. The summed E-state index contributed by atoms with van der Waals surface area (Å²) in [7, 11) is 2.02. The van der Waals surface area contributed by atoms with Gasteiger partial charge in [-0.25, -0.2) is 0 Å². The van der Waals surface area contributed by atoms with Crippen molar-refractivity contribution in [2.24, 2.45) is 0 Å². The van der Waals surface area contributed by atoms with E-state index in [4.69, 9.17) is 23.2 Å². The Hall–Kier alpha value is 0.110. The lowest BCUT2D eigenvalue weighted by atomic mass is 9.99. The summed E-state index contributed by atoms with van der Waals surface area (Å²) in [6.07, 6.45) is 3.95. The molecule has 0 saturated carbocycles. The summed E-state index contributed by atoms with van der Waals surface area (Å²) in [6.45, 7) is 0. The quantitative estimate of drug-likeness (QED) is 0.877. The van der Waals surface area contributed by atoms with Crippen LogP contribution >= 0.6 is 35.0 Å². The highest BCUT2D eigenvalue weighted by atomic mass is 35.5. The van der Waals surface area contributed by atoms with Crippen molar-refractivity contribution in [1.82, 2.24) is 5.32 Å². The molecule has 2 unspecified atom stereocenters. The minimum absolute atomic E-state index is 0.370. The van der Waals surface area contributed by atoms with Crippen molar-refractivity contribution < 1.29 is 0 Å². The summed E-state index contributed by atoms with van der Waals surface area (Å²) in [4.78, 5) is 0. The topological polar surface area (TPSA) is 12.0 Å². The van der Waals surface area contributed by atoms with Gasteiger partial charge in [-0.2, -0.15) is 11.8 Å². The van der Waals surface area contributed by atoms with Gasteiger partial charge in [0.05, 0.1) is 10.0 Å². The van der Waals surface area contributed by atoms with Crippen LogP contribution in [0.25, 0.3) is 0 Å². The van der Waals surface area contributed by atoms with Crippen LogP contribution in [0.1, 0.15) is 30.9 Å². The van der Waals surface area contributed by atoms with Gasteiger partial charge in [0, 0.05) is 11.3 Å². The van der Waals surface area contributed by atoms with E-state index in [0.717, 1.165) is 0 Å². The predicted octanol–water partition coefficient (Wildman–Crippen LogP) is 4.54. The lowest BCUT2D eigenvalue weighted by molar-refractivity contribution is 0.516. The summed E-state index contributed by atoms with van der Waals surface area (Å²) in [6, 6.07) is 6.32. The Kier molecular flexibility index (Phi) is 5.04. The highest BCUT2D eigenvalue weighted by Gasteiger charge is 2.24. The molecule has 2 rings (SSSR count). The third-order valence-corrected chi connectivity index (χ3v) is 5.40. The first-order valence-corrected chi connectivity index (χ1v) is 7.76. The highest BCUT2D eigenvalue weighted by Crippen LogP contribution is 2.36. The molecule has 0 bridgehead atoms. The van der Waals surface area contributed by atoms with Crippen molar-refractivity contribution in [2.75, 3.05) is 12.8 Å². The second kappa shape index (κ2) is 6.33. The number of nitrogens with one attached hydrogen (secondary N) is 1. The molecular formula is C13H17Cl2NS. The second-order valence-electron chi connectivity index (χ2n) is 4.34. The van der Waals surface area contributed by atoms with Crippen molar-refractivity contribution in [3.63, 3.8) is 0 Å².